The second kappa shape index (κ2) is 20.1. The number of hydrogen-bond donors (Lipinski definition) is 0. The molecule has 0 amide bonds. The quantitative estimate of drug-likeness (QED) is 0.0837. The van der Waals surface area contributed by atoms with Crippen LogP contribution in [0.4, 0.5) is 0 Å². The molecule has 1 aromatic rings. The number of likely N-dealkylation sites (N-methyl/N-ethyl adjacent to an activating group) is 1. The van der Waals surface area contributed by atoms with E-state index in [-0.39, 0.29) is 12.4 Å². The fourth-order valence-corrected chi connectivity index (χ4v) is 5.02. The number of carbonyl (C=O) groups is 2. The van der Waals surface area contributed by atoms with Crippen LogP contribution in [0.2, 0.25) is 0 Å². The molecule has 0 aromatic carbocycles. The molecule has 0 N–H and O–H groups in total. The fourth-order valence-electron chi connectivity index (χ4n) is 5.02. The van der Waals surface area contributed by atoms with E-state index >= 15 is 0 Å². The number of carbonyl (C=O) groups excluding carboxylic acids is 2. The highest BCUT2D eigenvalue weighted by Crippen LogP contribution is 2.20. The number of ether oxygens (including phenoxy) is 1. The molecule has 1 heterocycles. The number of hydrogen-bond acceptors (Lipinski definition) is 5. The minimum atomic E-state index is -1.18. The zero-order chi connectivity index (χ0) is 28.2. The van der Waals surface area contributed by atoms with Crippen molar-refractivity contribution in [3.8, 4) is 0 Å². The van der Waals surface area contributed by atoms with Crippen molar-refractivity contribution in [2.75, 3.05) is 27.7 Å². The number of rotatable bonds is 24. The maximum absolute atomic E-state index is 12.1. The average Bonchev–Trinajstić information content (AvgIpc) is 3.17. The second-order valence-corrected chi connectivity index (χ2v) is 12.2. The summed E-state index contributed by atoms with van der Waals surface area (Å²) in [5.41, 5.74) is 1.33. The Morgan fingerprint density at radius 3 is 1.89 bits per heavy atom. The van der Waals surface area contributed by atoms with E-state index in [1.807, 2.05) is 21.1 Å². The van der Waals surface area contributed by atoms with E-state index < -0.39 is 12.1 Å². The number of nitrogens with zero attached hydrogens (tertiary/aromatic N) is 1. The third-order valence-corrected chi connectivity index (χ3v) is 7.08. The van der Waals surface area contributed by atoms with Gasteiger partial charge in [-0.3, -0.25) is 4.79 Å². The number of carboxylic acid groups (broad SMARTS) is 1. The Morgan fingerprint density at radius 1 is 0.842 bits per heavy atom. The van der Waals surface area contributed by atoms with Gasteiger partial charge in [-0.15, -0.1) is 0 Å². The number of furan rings is 1. The molecule has 38 heavy (non-hydrogen) atoms. The van der Waals surface area contributed by atoms with Crippen molar-refractivity contribution in [3.63, 3.8) is 0 Å². The average molecular weight is 536 g/mol. The molecule has 0 spiro atoms. The molecule has 0 saturated heterocycles. The lowest BCUT2D eigenvalue weighted by Gasteiger charge is -2.29. The van der Waals surface area contributed by atoms with Gasteiger partial charge in [-0.1, -0.05) is 84.0 Å². The van der Waals surface area contributed by atoms with Crippen LogP contribution in [0.15, 0.2) is 10.5 Å². The Balaban J connectivity index is 1.96. The summed E-state index contributed by atoms with van der Waals surface area (Å²) in [5.74, 6) is 0.899. The first-order valence-corrected chi connectivity index (χ1v) is 15.4. The maximum Gasteiger partial charge on any atom is 0.306 e. The minimum Gasteiger partial charge on any atom is -0.550 e. The third kappa shape index (κ3) is 18.4. The van der Waals surface area contributed by atoms with E-state index in [4.69, 9.17) is 9.15 Å². The van der Waals surface area contributed by atoms with Crippen LogP contribution in [0.25, 0.3) is 0 Å². The monoisotopic (exact) mass is 535 g/mol. The molecule has 1 rings (SSSR count). The number of esters is 1. The van der Waals surface area contributed by atoms with E-state index in [0.717, 1.165) is 32.1 Å². The first-order chi connectivity index (χ1) is 18.1. The highest BCUT2D eigenvalue weighted by Gasteiger charge is 2.22. The lowest BCUT2D eigenvalue weighted by molar-refractivity contribution is -0.873. The smallest absolute Gasteiger partial charge is 0.306 e. The predicted octanol–water partition coefficient (Wildman–Crippen LogP) is 6.69. The zero-order valence-corrected chi connectivity index (χ0v) is 25.3. The Kier molecular flexibility index (Phi) is 18.1. The van der Waals surface area contributed by atoms with Gasteiger partial charge in [0.15, 0.2) is 6.10 Å². The minimum absolute atomic E-state index is 0.244. The van der Waals surface area contributed by atoms with E-state index in [2.05, 4.69) is 19.9 Å². The van der Waals surface area contributed by atoms with Crippen molar-refractivity contribution in [1.82, 2.24) is 0 Å². The summed E-state index contributed by atoms with van der Waals surface area (Å²) in [5, 5.41) is 10.9. The van der Waals surface area contributed by atoms with Crippen LogP contribution >= 0.6 is 0 Å². The molecule has 1 unspecified atom stereocenters. The SMILES string of the molecule is CCCCCc1cc(C)c(CCCCCCCCCCCCCCC(=O)OC(CC(=O)[O-])C[N+](C)(C)C)o1. The number of carboxylic acids is 1. The van der Waals surface area contributed by atoms with Gasteiger partial charge in [-0.05, 0) is 37.8 Å². The molecule has 0 bridgehead atoms. The number of unbranched alkanes of at least 4 members (excludes halogenated alkanes) is 13. The second-order valence-electron chi connectivity index (χ2n) is 12.2. The third-order valence-electron chi connectivity index (χ3n) is 7.08. The Morgan fingerprint density at radius 2 is 1.37 bits per heavy atom. The molecule has 0 aliphatic rings. The van der Waals surface area contributed by atoms with Crippen LogP contribution in [0.5, 0.6) is 0 Å². The number of quaternary nitrogens is 1. The van der Waals surface area contributed by atoms with Gasteiger partial charge < -0.3 is 23.5 Å². The highest BCUT2D eigenvalue weighted by atomic mass is 16.5. The fraction of sp³-hybridized carbons (Fsp3) is 0.812. The van der Waals surface area contributed by atoms with Crippen molar-refractivity contribution in [2.24, 2.45) is 0 Å². The molecule has 0 aliphatic carbocycles. The summed E-state index contributed by atoms with van der Waals surface area (Å²) in [7, 11) is 5.85. The lowest BCUT2D eigenvalue weighted by atomic mass is 10.0. The van der Waals surface area contributed by atoms with Gasteiger partial charge in [-0.25, -0.2) is 0 Å². The van der Waals surface area contributed by atoms with Gasteiger partial charge in [0.2, 0.25) is 0 Å². The highest BCUT2D eigenvalue weighted by molar-refractivity contribution is 5.70. The van der Waals surface area contributed by atoms with Crippen LogP contribution in [0.3, 0.4) is 0 Å². The van der Waals surface area contributed by atoms with Crippen molar-refractivity contribution in [1.29, 1.82) is 0 Å². The molecule has 0 saturated carbocycles. The van der Waals surface area contributed by atoms with Crippen LogP contribution in [-0.4, -0.2) is 50.2 Å². The molecule has 6 nitrogen and oxygen atoms in total. The van der Waals surface area contributed by atoms with Gasteiger partial charge in [0, 0.05) is 31.7 Å². The molecule has 0 fully saturated rings. The van der Waals surface area contributed by atoms with Gasteiger partial charge in [-0.2, -0.15) is 0 Å². The van der Waals surface area contributed by atoms with E-state index in [1.165, 1.54) is 94.1 Å². The van der Waals surface area contributed by atoms with Gasteiger partial charge in [0.1, 0.15) is 18.1 Å². The van der Waals surface area contributed by atoms with Crippen LogP contribution in [0.1, 0.15) is 133 Å². The lowest BCUT2D eigenvalue weighted by Crippen LogP contribution is -2.45. The zero-order valence-electron chi connectivity index (χ0n) is 25.3. The Labute approximate surface area is 233 Å². The molecular formula is C32H57NO5. The molecule has 1 aromatic heterocycles. The van der Waals surface area contributed by atoms with Crippen LogP contribution < -0.4 is 5.11 Å². The summed E-state index contributed by atoms with van der Waals surface area (Å²) in [6, 6.07) is 2.24. The Bertz CT molecular complexity index is 764. The number of aliphatic carboxylic acids is 1. The van der Waals surface area contributed by atoms with E-state index in [1.54, 1.807) is 0 Å². The molecule has 1 atom stereocenters. The molecular weight excluding hydrogens is 478 g/mol. The largest absolute Gasteiger partial charge is 0.550 e. The maximum atomic E-state index is 12.1. The molecule has 6 heteroatoms. The topological polar surface area (TPSA) is 79.6 Å². The Hall–Kier alpha value is -1.82. The summed E-state index contributed by atoms with van der Waals surface area (Å²) >= 11 is 0. The standard InChI is InChI=1S/C32H57NO5/c1-6-7-18-21-28-24-27(2)30(37-28)22-19-16-14-12-10-8-9-11-13-15-17-20-23-32(36)38-29(25-31(34)35)26-33(3,4)5/h24,29H,6-23,25-26H2,1-5H3. The first-order valence-electron chi connectivity index (χ1n) is 15.4. The predicted molar refractivity (Wildman–Crippen MR) is 153 cm³/mol. The molecule has 0 aliphatic heterocycles. The van der Waals surface area contributed by atoms with Crippen molar-refractivity contribution >= 4 is 11.9 Å². The summed E-state index contributed by atoms with van der Waals surface area (Å²) in [6.07, 6.45) is 20.0. The molecule has 220 valence electrons. The summed E-state index contributed by atoms with van der Waals surface area (Å²) in [4.78, 5) is 23.0. The van der Waals surface area contributed by atoms with Crippen LogP contribution in [0, 0.1) is 6.92 Å². The van der Waals surface area contributed by atoms with E-state index in [0.29, 0.717) is 17.4 Å². The summed E-state index contributed by atoms with van der Waals surface area (Å²) in [6.45, 7) is 4.88. The van der Waals surface area contributed by atoms with Gasteiger partial charge >= 0.3 is 5.97 Å². The molecule has 0 radical (unpaired) electrons. The summed E-state index contributed by atoms with van der Waals surface area (Å²) < 4.78 is 12.0. The van der Waals surface area contributed by atoms with E-state index in [9.17, 15) is 14.7 Å². The first kappa shape index (κ1) is 34.2. The normalized spacial score (nSPS) is 12.6. The van der Waals surface area contributed by atoms with Gasteiger partial charge in [0.25, 0.3) is 0 Å². The van der Waals surface area contributed by atoms with Crippen molar-refractivity contribution in [3.05, 3.63) is 23.2 Å². The number of aryl methyl sites for hydroxylation is 3. The van der Waals surface area contributed by atoms with Crippen LogP contribution in [-0.2, 0) is 27.2 Å². The van der Waals surface area contributed by atoms with Gasteiger partial charge in [0.05, 0.1) is 21.1 Å². The van der Waals surface area contributed by atoms with Crippen molar-refractivity contribution < 1.29 is 28.3 Å². The van der Waals surface area contributed by atoms with Crippen molar-refractivity contribution in [2.45, 2.75) is 142 Å².